The summed E-state index contributed by atoms with van der Waals surface area (Å²) in [5, 5.41) is 2.42. The van der Waals surface area contributed by atoms with E-state index < -0.39 is 29.8 Å². The van der Waals surface area contributed by atoms with Crippen molar-refractivity contribution in [1.29, 1.82) is 0 Å². The molecule has 0 rings (SSSR count). The molecule has 7 nitrogen and oxygen atoms in total. The van der Waals surface area contributed by atoms with Gasteiger partial charge in [-0.15, -0.1) is 0 Å². The lowest BCUT2D eigenvalue weighted by Gasteiger charge is -2.17. The van der Waals surface area contributed by atoms with Crippen LogP contribution in [0, 0.1) is 0 Å². The van der Waals surface area contributed by atoms with Gasteiger partial charge in [-0.25, -0.2) is 0 Å². The monoisotopic (exact) mass is 276 g/mol. The third kappa shape index (κ3) is 7.13. The maximum absolute atomic E-state index is 11.6. The Morgan fingerprint density at radius 3 is 2.28 bits per heavy atom. The maximum Gasteiger partial charge on any atom is 0.240 e. The molecule has 0 aliphatic rings. The molecule has 0 aromatic carbocycles. The zero-order valence-electron chi connectivity index (χ0n) is 10.3. The molecule has 0 saturated carbocycles. The average Bonchev–Trinajstić information content (AvgIpc) is 2.30. The van der Waals surface area contributed by atoms with Gasteiger partial charge in [0.25, 0.3) is 0 Å². The van der Waals surface area contributed by atoms with Crippen LogP contribution in [-0.4, -0.2) is 41.8 Å². The number of thioether (sulfide) groups is 1. The first-order chi connectivity index (χ1) is 8.38. The van der Waals surface area contributed by atoms with Crippen molar-refractivity contribution in [3.8, 4) is 0 Å². The van der Waals surface area contributed by atoms with Crippen molar-refractivity contribution < 1.29 is 14.4 Å². The van der Waals surface area contributed by atoms with Gasteiger partial charge in [-0.1, -0.05) is 0 Å². The second-order valence-corrected chi connectivity index (χ2v) is 4.84. The van der Waals surface area contributed by atoms with Crippen molar-refractivity contribution in [1.82, 2.24) is 5.32 Å². The van der Waals surface area contributed by atoms with Gasteiger partial charge in [-0.05, 0) is 24.9 Å². The number of primary amides is 2. The Labute approximate surface area is 110 Å². The van der Waals surface area contributed by atoms with Crippen molar-refractivity contribution in [2.24, 2.45) is 17.2 Å². The first-order valence-electron chi connectivity index (χ1n) is 5.51. The molecule has 0 aromatic rings. The number of nitrogens with two attached hydrogens (primary N) is 3. The number of amides is 3. The van der Waals surface area contributed by atoms with Crippen molar-refractivity contribution in [2.45, 2.75) is 31.3 Å². The summed E-state index contributed by atoms with van der Waals surface area (Å²) >= 11 is 1.57. The third-order valence-corrected chi connectivity index (χ3v) is 2.95. The van der Waals surface area contributed by atoms with Gasteiger partial charge >= 0.3 is 0 Å². The summed E-state index contributed by atoms with van der Waals surface area (Å²) < 4.78 is 0. The summed E-state index contributed by atoms with van der Waals surface area (Å²) in [5.41, 5.74) is 15.7. The highest BCUT2D eigenvalue weighted by atomic mass is 32.2. The van der Waals surface area contributed by atoms with Gasteiger partial charge in [0, 0.05) is 6.42 Å². The molecule has 3 amide bonds. The summed E-state index contributed by atoms with van der Waals surface area (Å²) in [6.45, 7) is 0. The summed E-state index contributed by atoms with van der Waals surface area (Å²) in [7, 11) is 0. The lowest BCUT2D eigenvalue weighted by atomic mass is 10.1. The molecule has 0 heterocycles. The van der Waals surface area contributed by atoms with E-state index in [4.69, 9.17) is 17.2 Å². The molecular formula is C10H20N4O3S. The van der Waals surface area contributed by atoms with Gasteiger partial charge < -0.3 is 22.5 Å². The van der Waals surface area contributed by atoms with Crippen LogP contribution in [0.2, 0.25) is 0 Å². The first kappa shape index (κ1) is 16.7. The quantitative estimate of drug-likeness (QED) is 0.397. The van der Waals surface area contributed by atoms with E-state index in [0.717, 1.165) is 5.75 Å². The molecule has 18 heavy (non-hydrogen) atoms. The second kappa shape index (κ2) is 8.76. The van der Waals surface area contributed by atoms with Gasteiger partial charge in [0.2, 0.25) is 17.7 Å². The predicted molar refractivity (Wildman–Crippen MR) is 70.5 cm³/mol. The van der Waals surface area contributed by atoms with E-state index in [2.05, 4.69) is 5.32 Å². The topological polar surface area (TPSA) is 141 Å². The third-order valence-electron chi connectivity index (χ3n) is 2.31. The number of carbonyl (C=O) groups is 3. The number of hydrogen-bond donors (Lipinski definition) is 4. The highest BCUT2D eigenvalue weighted by Gasteiger charge is 2.21. The molecule has 104 valence electrons. The minimum Gasteiger partial charge on any atom is -0.370 e. The highest BCUT2D eigenvalue weighted by molar-refractivity contribution is 7.98. The smallest absolute Gasteiger partial charge is 0.240 e. The maximum atomic E-state index is 11.6. The predicted octanol–water partition coefficient (Wildman–Crippen LogP) is -1.70. The fourth-order valence-corrected chi connectivity index (χ4v) is 1.72. The van der Waals surface area contributed by atoms with E-state index in [1.807, 2.05) is 6.26 Å². The molecule has 7 N–H and O–H groups in total. The van der Waals surface area contributed by atoms with Crippen molar-refractivity contribution >= 4 is 29.5 Å². The Bertz CT molecular complexity index is 311. The van der Waals surface area contributed by atoms with E-state index in [0.29, 0.717) is 6.42 Å². The van der Waals surface area contributed by atoms with E-state index in [1.54, 1.807) is 11.8 Å². The zero-order valence-corrected chi connectivity index (χ0v) is 11.2. The second-order valence-electron chi connectivity index (χ2n) is 3.86. The Morgan fingerprint density at radius 2 is 1.83 bits per heavy atom. The number of nitrogens with one attached hydrogen (secondary N) is 1. The minimum atomic E-state index is -0.912. The van der Waals surface area contributed by atoms with Gasteiger partial charge in [-0.2, -0.15) is 11.8 Å². The largest absolute Gasteiger partial charge is 0.370 e. The van der Waals surface area contributed by atoms with Gasteiger partial charge in [0.1, 0.15) is 6.04 Å². The number of hydrogen-bond acceptors (Lipinski definition) is 5. The molecule has 0 radical (unpaired) electrons. The van der Waals surface area contributed by atoms with Crippen LogP contribution in [-0.2, 0) is 14.4 Å². The molecule has 2 atom stereocenters. The molecule has 0 aliphatic heterocycles. The molecule has 0 unspecified atom stereocenters. The Hall–Kier alpha value is -1.28. The summed E-state index contributed by atoms with van der Waals surface area (Å²) in [6, 6.07) is -1.60. The Kier molecular flexibility index (Phi) is 8.14. The molecule has 8 heteroatoms. The van der Waals surface area contributed by atoms with Crippen LogP contribution in [0.4, 0.5) is 0 Å². The summed E-state index contributed by atoms with van der Waals surface area (Å²) in [4.78, 5) is 33.4. The van der Waals surface area contributed by atoms with E-state index in [9.17, 15) is 14.4 Å². The van der Waals surface area contributed by atoms with Crippen LogP contribution in [0.3, 0.4) is 0 Å². The fourth-order valence-electron chi connectivity index (χ4n) is 1.23. The van der Waals surface area contributed by atoms with Crippen LogP contribution in [0.5, 0.6) is 0 Å². The molecule has 0 saturated heterocycles. The van der Waals surface area contributed by atoms with Crippen molar-refractivity contribution in [3.05, 3.63) is 0 Å². The Balaban J connectivity index is 4.26. The standard InChI is InChI=1S/C10H20N4O3S/c1-18-5-4-6(11)10(17)14-7(9(13)16)2-3-8(12)15/h6-7H,2-5,11H2,1H3,(H2,12,15)(H2,13,16)(H,14,17)/t6-,7-/m0/s1. The minimum absolute atomic E-state index is 0.0199. The lowest BCUT2D eigenvalue weighted by Crippen LogP contribution is -2.50. The zero-order chi connectivity index (χ0) is 14.1. The molecular weight excluding hydrogens is 256 g/mol. The van der Waals surface area contributed by atoms with E-state index in [1.165, 1.54) is 0 Å². The van der Waals surface area contributed by atoms with Gasteiger partial charge in [0.05, 0.1) is 6.04 Å². The SMILES string of the molecule is CSCC[C@H](N)C(=O)N[C@@H](CCC(N)=O)C(N)=O. The molecule has 0 aromatic heterocycles. The van der Waals surface area contributed by atoms with E-state index in [-0.39, 0.29) is 12.8 Å². The Morgan fingerprint density at radius 1 is 1.22 bits per heavy atom. The van der Waals surface area contributed by atoms with Crippen LogP contribution in [0.1, 0.15) is 19.3 Å². The van der Waals surface area contributed by atoms with Crippen LogP contribution in [0.15, 0.2) is 0 Å². The van der Waals surface area contributed by atoms with Crippen molar-refractivity contribution in [3.63, 3.8) is 0 Å². The summed E-state index contributed by atoms with van der Waals surface area (Å²) in [5.74, 6) is -0.960. The normalized spacial score (nSPS) is 13.7. The molecule has 0 aliphatic carbocycles. The molecule has 0 fully saturated rings. The lowest BCUT2D eigenvalue weighted by molar-refractivity contribution is -0.128. The highest BCUT2D eigenvalue weighted by Crippen LogP contribution is 2.01. The fraction of sp³-hybridized carbons (Fsp3) is 0.700. The number of rotatable bonds is 9. The van der Waals surface area contributed by atoms with Crippen LogP contribution in [0.25, 0.3) is 0 Å². The van der Waals surface area contributed by atoms with E-state index >= 15 is 0 Å². The van der Waals surface area contributed by atoms with Crippen molar-refractivity contribution in [2.75, 3.05) is 12.0 Å². The van der Waals surface area contributed by atoms with Gasteiger partial charge in [-0.3, -0.25) is 14.4 Å². The summed E-state index contributed by atoms with van der Waals surface area (Å²) in [6.07, 6.45) is 2.48. The van der Waals surface area contributed by atoms with Crippen LogP contribution < -0.4 is 22.5 Å². The van der Waals surface area contributed by atoms with Gasteiger partial charge in [0.15, 0.2) is 0 Å². The molecule has 0 bridgehead atoms. The average molecular weight is 276 g/mol. The van der Waals surface area contributed by atoms with Crippen LogP contribution >= 0.6 is 11.8 Å². The molecule has 0 spiro atoms. The first-order valence-corrected chi connectivity index (χ1v) is 6.90. The number of carbonyl (C=O) groups excluding carboxylic acids is 3.